The Morgan fingerprint density at radius 1 is 0.855 bits per heavy atom. The van der Waals surface area contributed by atoms with Gasteiger partial charge in [0.2, 0.25) is 0 Å². The molecule has 2 aromatic carbocycles. The summed E-state index contributed by atoms with van der Waals surface area (Å²) in [7, 11) is 7.21. The fourth-order valence-corrected chi connectivity index (χ4v) is 8.92. The molecular formula is C36H31N5O10S4. The van der Waals surface area contributed by atoms with Crippen molar-refractivity contribution in [2.24, 2.45) is 0 Å². The molecule has 0 saturated heterocycles. The standard InChI is InChI=1S/C36H31N5O10S4/c1-48-27-20-24-25(21-28(27)51-36(45)50-16-18-53-55-30-8-3-5-12-38-30)33(42)31-23-10-9-22(41(46)47)19-26(23)34(43)40(32(24)31)14-6-13-39-35(44)49-15-17-52-54-29-7-2-4-11-37-29/h2-5,7-12,19-21H,6,13-18H2,1H3,(H,39,44). The van der Waals surface area contributed by atoms with Gasteiger partial charge in [0.15, 0.2) is 17.3 Å². The van der Waals surface area contributed by atoms with E-state index in [9.17, 15) is 29.3 Å². The molecule has 0 aliphatic heterocycles. The van der Waals surface area contributed by atoms with Gasteiger partial charge in [-0.25, -0.2) is 19.6 Å². The maximum Gasteiger partial charge on any atom is 0.514 e. The van der Waals surface area contributed by atoms with Crippen LogP contribution in [-0.2, 0) is 16.0 Å². The monoisotopic (exact) mass is 821 g/mol. The molecule has 0 spiro atoms. The van der Waals surface area contributed by atoms with Gasteiger partial charge in [0.05, 0.1) is 28.7 Å². The van der Waals surface area contributed by atoms with E-state index in [4.69, 9.17) is 18.9 Å². The first-order valence-corrected chi connectivity index (χ1v) is 21.2. The highest BCUT2D eigenvalue weighted by atomic mass is 33.1. The molecule has 0 radical (unpaired) electrons. The summed E-state index contributed by atoms with van der Waals surface area (Å²) in [5.41, 5.74) is 0.00472. The summed E-state index contributed by atoms with van der Waals surface area (Å²) in [6, 6.07) is 17.7. The van der Waals surface area contributed by atoms with Gasteiger partial charge in [0, 0.05) is 65.6 Å². The first-order valence-electron chi connectivity index (χ1n) is 16.5. The van der Waals surface area contributed by atoms with Gasteiger partial charge < -0.3 is 28.8 Å². The number of benzene rings is 2. The van der Waals surface area contributed by atoms with Gasteiger partial charge in [-0.2, -0.15) is 0 Å². The number of nitro benzene ring substituents is 1. The van der Waals surface area contributed by atoms with E-state index in [-0.39, 0.29) is 77.5 Å². The normalized spacial score (nSPS) is 11.5. The molecule has 5 aromatic rings. The van der Waals surface area contributed by atoms with Crippen LogP contribution < -0.4 is 20.3 Å². The van der Waals surface area contributed by atoms with E-state index in [1.165, 1.54) is 79.1 Å². The second-order valence-corrected chi connectivity index (χ2v) is 16.2. The third kappa shape index (κ3) is 9.71. The molecule has 284 valence electrons. The maximum absolute atomic E-state index is 14.1. The van der Waals surface area contributed by atoms with Gasteiger partial charge in [0.25, 0.3) is 11.2 Å². The third-order valence-electron chi connectivity index (χ3n) is 7.87. The molecule has 6 rings (SSSR count). The van der Waals surface area contributed by atoms with E-state index in [1.807, 2.05) is 36.4 Å². The number of alkyl carbamates (subject to hydrolysis) is 1. The molecule has 19 heteroatoms. The summed E-state index contributed by atoms with van der Waals surface area (Å²) >= 11 is 0. The lowest BCUT2D eigenvalue weighted by Gasteiger charge is -2.16. The number of rotatable bonds is 17. The van der Waals surface area contributed by atoms with Crippen molar-refractivity contribution in [2.45, 2.75) is 23.0 Å². The van der Waals surface area contributed by atoms with Crippen LogP contribution in [-0.4, -0.2) is 75.9 Å². The van der Waals surface area contributed by atoms with Crippen molar-refractivity contribution in [3.8, 4) is 22.8 Å². The average Bonchev–Trinajstić information content (AvgIpc) is 3.47. The topological polar surface area (TPSA) is 191 Å². The maximum atomic E-state index is 14.1. The fourth-order valence-electron chi connectivity index (χ4n) is 5.51. The highest BCUT2D eigenvalue weighted by molar-refractivity contribution is 8.77. The van der Waals surface area contributed by atoms with Gasteiger partial charge in [-0.3, -0.25) is 19.7 Å². The van der Waals surface area contributed by atoms with Crippen LogP contribution in [0.1, 0.15) is 22.3 Å². The van der Waals surface area contributed by atoms with E-state index in [2.05, 4.69) is 15.3 Å². The Balaban J connectivity index is 1.15. The van der Waals surface area contributed by atoms with Crippen molar-refractivity contribution < 1.29 is 38.3 Å². The van der Waals surface area contributed by atoms with Crippen LogP contribution >= 0.6 is 43.2 Å². The first kappa shape index (κ1) is 39.5. The van der Waals surface area contributed by atoms with Crippen LogP contribution in [0.4, 0.5) is 15.3 Å². The number of nitrogens with zero attached hydrogens (tertiary/aromatic N) is 4. The number of nitro groups is 1. The van der Waals surface area contributed by atoms with E-state index in [1.54, 1.807) is 12.4 Å². The number of pyridine rings is 3. The second-order valence-electron chi connectivity index (χ2n) is 11.3. The fraction of sp³-hybridized carbons (Fsp3) is 0.222. The number of hydrogen-bond donors (Lipinski definition) is 1. The summed E-state index contributed by atoms with van der Waals surface area (Å²) in [5, 5.41) is 16.2. The molecule has 1 aliphatic rings. The Morgan fingerprint density at radius 3 is 2.16 bits per heavy atom. The minimum Gasteiger partial charge on any atom is -0.493 e. The van der Waals surface area contributed by atoms with Gasteiger partial charge in [-0.1, -0.05) is 33.7 Å². The number of aromatic nitrogens is 3. The van der Waals surface area contributed by atoms with Crippen molar-refractivity contribution in [3.63, 3.8) is 0 Å². The molecule has 3 aromatic heterocycles. The molecule has 0 atom stereocenters. The van der Waals surface area contributed by atoms with Gasteiger partial charge in [-0.15, -0.1) is 0 Å². The Morgan fingerprint density at radius 2 is 1.53 bits per heavy atom. The van der Waals surface area contributed by atoms with Crippen LogP contribution in [0.15, 0.2) is 94.0 Å². The number of ether oxygens (including phenoxy) is 4. The highest BCUT2D eigenvalue weighted by Gasteiger charge is 2.35. The zero-order valence-electron chi connectivity index (χ0n) is 29.0. The van der Waals surface area contributed by atoms with Gasteiger partial charge >= 0.3 is 12.2 Å². The second kappa shape index (κ2) is 18.9. The molecule has 0 unspecified atom stereocenters. The van der Waals surface area contributed by atoms with E-state index < -0.39 is 28.5 Å². The molecule has 0 saturated carbocycles. The molecule has 1 aliphatic carbocycles. The van der Waals surface area contributed by atoms with Crippen LogP contribution in [0.25, 0.3) is 22.0 Å². The molecule has 15 nitrogen and oxygen atoms in total. The summed E-state index contributed by atoms with van der Waals surface area (Å²) in [6.45, 7) is 0.375. The summed E-state index contributed by atoms with van der Waals surface area (Å²) < 4.78 is 22.8. The molecule has 1 N–H and O–H groups in total. The van der Waals surface area contributed by atoms with Crippen molar-refractivity contribution in [3.05, 3.63) is 111 Å². The van der Waals surface area contributed by atoms with Crippen molar-refractivity contribution >= 4 is 77.7 Å². The zero-order chi connectivity index (χ0) is 38.7. The largest absolute Gasteiger partial charge is 0.514 e. The molecule has 3 heterocycles. The number of carbonyl (C=O) groups is 3. The molecule has 0 bridgehead atoms. The Hall–Kier alpha value is -5.24. The average molecular weight is 822 g/mol. The summed E-state index contributed by atoms with van der Waals surface area (Å²) in [6.07, 6.45) is 1.99. The van der Waals surface area contributed by atoms with E-state index in [0.717, 1.165) is 16.1 Å². The van der Waals surface area contributed by atoms with Crippen molar-refractivity contribution in [1.29, 1.82) is 0 Å². The van der Waals surface area contributed by atoms with E-state index >= 15 is 0 Å². The minimum atomic E-state index is -1.01. The number of amides is 1. The van der Waals surface area contributed by atoms with Crippen molar-refractivity contribution in [1.82, 2.24) is 19.9 Å². The zero-order valence-corrected chi connectivity index (χ0v) is 32.2. The molecule has 1 amide bonds. The van der Waals surface area contributed by atoms with Crippen LogP contribution in [0.2, 0.25) is 0 Å². The predicted octanol–water partition coefficient (Wildman–Crippen LogP) is 7.43. The number of methoxy groups -OCH3 is 1. The van der Waals surface area contributed by atoms with Crippen molar-refractivity contribution in [2.75, 3.05) is 38.4 Å². The molecular weight excluding hydrogens is 791 g/mol. The lowest BCUT2D eigenvalue weighted by Crippen LogP contribution is -2.29. The molecule has 0 fully saturated rings. The number of fused-ring (bicyclic) bond motifs is 5. The smallest absolute Gasteiger partial charge is 0.493 e. The third-order valence-corrected chi connectivity index (χ3v) is 12.3. The number of ketones is 1. The number of hydrogen-bond acceptors (Lipinski definition) is 16. The molecule has 55 heavy (non-hydrogen) atoms. The number of non-ortho nitro benzene ring substituents is 1. The Labute approximate surface area is 329 Å². The van der Waals surface area contributed by atoms with Gasteiger partial charge in [-0.05, 0) is 70.5 Å². The van der Waals surface area contributed by atoms with Crippen LogP contribution in [0, 0.1) is 10.1 Å². The Bertz CT molecular complexity index is 2280. The van der Waals surface area contributed by atoms with E-state index in [0.29, 0.717) is 17.1 Å². The quantitative estimate of drug-likeness (QED) is 0.0238. The highest BCUT2D eigenvalue weighted by Crippen LogP contribution is 2.45. The minimum absolute atomic E-state index is 0.0198. The first-order chi connectivity index (χ1) is 26.7. The SMILES string of the molecule is COc1cc2c(cc1OC(=O)OCCSSc1ccccn1)C(=O)c1c-2n(CCCNC(=O)OCCSSc2ccccn2)c(=O)c2cc([N+](=O)[O-])ccc12. The number of carbonyl (C=O) groups excluding carboxylic acids is 3. The Kier molecular flexibility index (Phi) is 13.5. The number of nitrogens with one attached hydrogen (secondary N) is 1. The lowest BCUT2D eigenvalue weighted by molar-refractivity contribution is -0.384. The summed E-state index contributed by atoms with van der Waals surface area (Å²) in [5.74, 6) is 0.530. The lowest BCUT2D eigenvalue weighted by atomic mass is 10.0. The predicted molar refractivity (Wildman–Crippen MR) is 211 cm³/mol. The van der Waals surface area contributed by atoms with Crippen LogP contribution in [0.3, 0.4) is 0 Å². The summed E-state index contributed by atoms with van der Waals surface area (Å²) in [4.78, 5) is 72.5. The van der Waals surface area contributed by atoms with Gasteiger partial charge in [0.1, 0.15) is 23.3 Å². The van der Waals surface area contributed by atoms with Crippen LogP contribution in [0.5, 0.6) is 11.5 Å².